The van der Waals surface area contributed by atoms with Gasteiger partial charge in [-0.05, 0) is 42.7 Å². The number of thiazole rings is 1. The van der Waals surface area contributed by atoms with Gasteiger partial charge in [0.15, 0.2) is 0 Å². The summed E-state index contributed by atoms with van der Waals surface area (Å²) in [5.74, 6) is 0.524. The van der Waals surface area contributed by atoms with Crippen LogP contribution < -0.4 is 14.8 Å². The summed E-state index contributed by atoms with van der Waals surface area (Å²) >= 11 is 1.25. The van der Waals surface area contributed by atoms with E-state index in [9.17, 15) is 9.18 Å². The first-order valence-electron chi connectivity index (χ1n) is 8.94. The zero-order chi connectivity index (χ0) is 19.5. The molecule has 4 rings (SSSR count). The van der Waals surface area contributed by atoms with Crippen LogP contribution in [-0.4, -0.2) is 24.0 Å². The van der Waals surface area contributed by atoms with Crippen LogP contribution in [0.2, 0.25) is 0 Å². The third kappa shape index (κ3) is 4.31. The lowest BCUT2D eigenvalue weighted by molar-refractivity contribution is 0.0947. The molecule has 1 aliphatic carbocycles. The molecule has 1 fully saturated rings. The van der Waals surface area contributed by atoms with Crippen LogP contribution in [0.25, 0.3) is 10.6 Å². The maximum Gasteiger partial charge on any atom is 0.270 e. The summed E-state index contributed by atoms with van der Waals surface area (Å²) in [7, 11) is 1.60. The van der Waals surface area contributed by atoms with E-state index in [1.807, 2.05) is 24.3 Å². The number of methoxy groups -OCH3 is 1. The molecule has 28 heavy (non-hydrogen) atoms. The van der Waals surface area contributed by atoms with Gasteiger partial charge in [-0.3, -0.25) is 4.79 Å². The van der Waals surface area contributed by atoms with Crippen LogP contribution in [0, 0.1) is 5.82 Å². The van der Waals surface area contributed by atoms with E-state index in [2.05, 4.69) is 10.3 Å². The van der Waals surface area contributed by atoms with Gasteiger partial charge in [0.2, 0.25) is 0 Å². The van der Waals surface area contributed by atoms with Gasteiger partial charge in [0, 0.05) is 23.1 Å². The van der Waals surface area contributed by atoms with Crippen molar-refractivity contribution in [3.63, 3.8) is 0 Å². The van der Waals surface area contributed by atoms with Crippen molar-refractivity contribution in [3.8, 4) is 22.1 Å². The van der Waals surface area contributed by atoms with Crippen molar-refractivity contribution >= 4 is 17.2 Å². The quantitative estimate of drug-likeness (QED) is 0.640. The lowest BCUT2D eigenvalue weighted by Gasteiger charge is -2.09. The van der Waals surface area contributed by atoms with E-state index in [1.165, 1.54) is 17.4 Å². The van der Waals surface area contributed by atoms with Gasteiger partial charge < -0.3 is 14.8 Å². The largest absolute Gasteiger partial charge is 0.497 e. The summed E-state index contributed by atoms with van der Waals surface area (Å²) in [6.07, 6.45) is 2.02. The van der Waals surface area contributed by atoms with Gasteiger partial charge >= 0.3 is 0 Å². The summed E-state index contributed by atoms with van der Waals surface area (Å²) in [5.41, 5.74) is 1.60. The van der Waals surface area contributed by atoms with Crippen LogP contribution in [0.15, 0.2) is 47.8 Å². The fraction of sp³-hybridized carbons (Fsp3) is 0.238. The van der Waals surface area contributed by atoms with Crippen molar-refractivity contribution in [2.45, 2.75) is 25.5 Å². The number of aromatic nitrogens is 1. The van der Waals surface area contributed by atoms with E-state index in [0.29, 0.717) is 28.6 Å². The molecule has 0 spiro atoms. The third-order valence-electron chi connectivity index (χ3n) is 4.36. The molecule has 2 aromatic carbocycles. The Morgan fingerprint density at radius 1 is 1.25 bits per heavy atom. The highest BCUT2D eigenvalue weighted by atomic mass is 32.1. The van der Waals surface area contributed by atoms with Gasteiger partial charge in [0.25, 0.3) is 5.91 Å². The van der Waals surface area contributed by atoms with Crippen LogP contribution in [0.1, 0.15) is 28.9 Å². The van der Waals surface area contributed by atoms with Gasteiger partial charge in [-0.2, -0.15) is 0 Å². The van der Waals surface area contributed by atoms with E-state index < -0.39 is 5.82 Å². The Morgan fingerprint density at radius 2 is 2.11 bits per heavy atom. The summed E-state index contributed by atoms with van der Waals surface area (Å²) < 4.78 is 25.4. The SMILES string of the molecule is COc1cccc(COc2ccc(-c3nc(C(=O)NC4CC4)cs3)c(F)c2)c1. The molecule has 0 aliphatic heterocycles. The topological polar surface area (TPSA) is 60.5 Å². The summed E-state index contributed by atoms with van der Waals surface area (Å²) in [6, 6.07) is 12.4. The minimum atomic E-state index is -0.438. The number of rotatable bonds is 7. The molecule has 5 nitrogen and oxygen atoms in total. The lowest BCUT2D eigenvalue weighted by Crippen LogP contribution is -2.25. The van der Waals surface area contributed by atoms with Gasteiger partial charge in [-0.15, -0.1) is 11.3 Å². The first-order valence-corrected chi connectivity index (χ1v) is 9.82. The van der Waals surface area contributed by atoms with Crippen molar-refractivity contribution in [3.05, 3.63) is 64.9 Å². The molecular formula is C21H19FN2O3S. The average Bonchev–Trinajstić information content (AvgIpc) is 3.38. The highest BCUT2D eigenvalue weighted by Crippen LogP contribution is 2.30. The van der Waals surface area contributed by atoms with Gasteiger partial charge in [-0.1, -0.05) is 12.1 Å². The molecule has 0 bridgehead atoms. The second-order valence-electron chi connectivity index (χ2n) is 6.57. The van der Waals surface area contributed by atoms with E-state index in [0.717, 1.165) is 24.2 Å². The molecule has 7 heteroatoms. The zero-order valence-electron chi connectivity index (χ0n) is 15.3. The zero-order valence-corrected chi connectivity index (χ0v) is 16.1. The third-order valence-corrected chi connectivity index (χ3v) is 5.24. The van der Waals surface area contributed by atoms with Crippen LogP contribution in [0.4, 0.5) is 4.39 Å². The number of hydrogen-bond acceptors (Lipinski definition) is 5. The Bertz CT molecular complexity index is 1000. The maximum atomic E-state index is 14.6. The second-order valence-corrected chi connectivity index (χ2v) is 7.43. The smallest absolute Gasteiger partial charge is 0.270 e. The van der Waals surface area contributed by atoms with Crippen molar-refractivity contribution in [1.82, 2.24) is 10.3 Å². The number of amides is 1. The molecule has 1 aromatic heterocycles. The van der Waals surface area contributed by atoms with Crippen molar-refractivity contribution in [1.29, 1.82) is 0 Å². The number of ether oxygens (including phenoxy) is 2. The fourth-order valence-corrected chi connectivity index (χ4v) is 3.50. The van der Waals surface area contributed by atoms with E-state index in [1.54, 1.807) is 24.6 Å². The number of benzene rings is 2. The molecule has 1 heterocycles. The summed E-state index contributed by atoms with van der Waals surface area (Å²) in [5, 5.41) is 5.00. The predicted octanol–water partition coefficient (Wildman–Crippen LogP) is 4.43. The normalized spacial score (nSPS) is 13.2. The van der Waals surface area contributed by atoms with Crippen molar-refractivity contribution in [2.24, 2.45) is 0 Å². The van der Waals surface area contributed by atoms with E-state index in [4.69, 9.17) is 9.47 Å². The Balaban J connectivity index is 1.44. The molecule has 1 amide bonds. The Morgan fingerprint density at radius 3 is 2.86 bits per heavy atom. The minimum absolute atomic E-state index is 0.205. The lowest BCUT2D eigenvalue weighted by atomic mass is 10.2. The Hall–Kier alpha value is -2.93. The molecule has 3 aromatic rings. The summed E-state index contributed by atoms with van der Waals surface area (Å²) in [4.78, 5) is 16.3. The number of hydrogen-bond donors (Lipinski definition) is 1. The first kappa shape index (κ1) is 18.4. The van der Waals surface area contributed by atoms with E-state index >= 15 is 0 Å². The Labute approximate surface area is 166 Å². The van der Waals surface area contributed by atoms with Crippen LogP contribution in [-0.2, 0) is 6.61 Å². The first-order chi connectivity index (χ1) is 13.6. The van der Waals surface area contributed by atoms with Gasteiger partial charge in [0.1, 0.15) is 34.6 Å². The minimum Gasteiger partial charge on any atom is -0.497 e. The van der Waals surface area contributed by atoms with Crippen LogP contribution in [0.3, 0.4) is 0 Å². The molecule has 0 saturated heterocycles. The van der Waals surface area contributed by atoms with Crippen molar-refractivity contribution < 1.29 is 18.7 Å². The predicted molar refractivity (Wildman–Crippen MR) is 105 cm³/mol. The fourth-order valence-electron chi connectivity index (χ4n) is 2.68. The van der Waals surface area contributed by atoms with Gasteiger partial charge in [-0.25, -0.2) is 9.37 Å². The molecule has 1 saturated carbocycles. The van der Waals surface area contributed by atoms with Gasteiger partial charge in [0.05, 0.1) is 7.11 Å². The number of carbonyl (C=O) groups excluding carboxylic acids is 1. The molecule has 0 radical (unpaired) electrons. The number of carbonyl (C=O) groups is 1. The molecule has 1 aliphatic rings. The monoisotopic (exact) mass is 398 g/mol. The average molecular weight is 398 g/mol. The highest BCUT2D eigenvalue weighted by molar-refractivity contribution is 7.13. The van der Waals surface area contributed by atoms with Crippen LogP contribution >= 0.6 is 11.3 Å². The van der Waals surface area contributed by atoms with Crippen molar-refractivity contribution in [2.75, 3.05) is 7.11 Å². The molecule has 0 atom stereocenters. The molecule has 1 N–H and O–H groups in total. The maximum absolute atomic E-state index is 14.6. The molecule has 0 unspecified atom stereocenters. The Kier molecular flexibility index (Phi) is 5.25. The number of halogens is 1. The molecular weight excluding hydrogens is 379 g/mol. The second kappa shape index (κ2) is 7.98. The van der Waals surface area contributed by atoms with Crippen LogP contribution in [0.5, 0.6) is 11.5 Å². The highest BCUT2D eigenvalue weighted by Gasteiger charge is 2.25. The number of nitrogens with one attached hydrogen (secondary N) is 1. The molecule has 144 valence electrons. The number of nitrogens with zero attached hydrogens (tertiary/aromatic N) is 1. The van der Waals surface area contributed by atoms with E-state index in [-0.39, 0.29) is 11.9 Å². The standard InChI is InChI=1S/C21H19FN2O3S/c1-26-15-4-2-3-13(9-15)11-27-16-7-8-17(18(22)10-16)21-24-19(12-28-21)20(25)23-14-5-6-14/h2-4,7-10,12,14H,5-6,11H2,1H3,(H,23,25). The summed E-state index contributed by atoms with van der Waals surface area (Å²) in [6.45, 7) is 0.304.